The number of carbonyl (C=O) groups excluding carboxylic acids is 3. The first kappa shape index (κ1) is 26.5. The first-order chi connectivity index (χ1) is 16.7. The first-order valence-corrected chi connectivity index (χ1v) is 12.2. The van der Waals surface area contributed by atoms with Crippen LogP contribution in [0.15, 0.2) is 35.5 Å². The topological polar surface area (TPSA) is 94.2 Å². The van der Waals surface area contributed by atoms with Crippen LogP contribution in [0.3, 0.4) is 0 Å². The molecule has 0 aromatic heterocycles. The summed E-state index contributed by atoms with van der Waals surface area (Å²) in [6.07, 6.45) is 0. The highest BCUT2D eigenvalue weighted by Gasteiger charge is 2.39. The second-order valence-electron chi connectivity index (χ2n) is 9.14. The van der Waals surface area contributed by atoms with E-state index in [1.165, 1.54) is 12.1 Å². The van der Waals surface area contributed by atoms with Crippen LogP contribution in [0, 0.1) is 5.82 Å². The van der Waals surface area contributed by atoms with Gasteiger partial charge in [0, 0.05) is 50.5 Å². The molecule has 1 aromatic rings. The quantitative estimate of drug-likeness (QED) is 0.575. The van der Waals surface area contributed by atoms with Gasteiger partial charge in [-0.25, -0.2) is 18.8 Å². The van der Waals surface area contributed by atoms with Crippen molar-refractivity contribution < 1.29 is 23.5 Å². The van der Waals surface area contributed by atoms with E-state index in [9.17, 15) is 18.8 Å². The number of piperazine rings is 1. The molecule has 0 bridgehead atoms. The Morgan fingerprint density at radius 3 is 2.46 bits per heavy atom. The molecule has 2 heterocycles. The fraction of sp³-hybridized carbons (Fsp3) is 0.560. The SMILES string of the molecule is CCOC(=O)C1=C(CN2CCN(C(=O)NC(C)C)[C@@H](C)C2)N(CC)C(=O)N[C@@H]1c1ccc(F)cc1. The number of likely N-dealkylation sites (N-methyl/N-ethyl adjacent to an activating group) is 1. The number of esters is 1. The van der Waals surface area contributed by atoms with Gasteiger partial charge < -0.3 is 20.3 Å². The molecule has 0 radical (unpaired) electrons. The van der Waals surface area contributed by atoms with Crippen LogP contribution in [-0.2, 0) is 9.53 Å². The van der Waals surface area contributed by atoms with E-state index in [4.69, 9.17) is 4.74 Å². The van der Waals surface area contributed by atoms with E-state index in [0.29, 0.717) is 49.6 Å². The van der Waals surface area contributed by atoms with Gasteiger partial charge >= 0.3 is 18.0 Å². The number of amides is 4. The minimum Gasteiger partial charge on any atom is -0.463 e. The molecule has 1 aromatic carbocycles. The summed E-state index contributed by atoms with van der Waals surface area (Å²) in [5.41, 5.74) is 1.50. The smallest absolute Gasteiger partial charge is 0.338 e. The Morgan fingerprint density at radius 1 is 1.20 bits per heavy atom. The van der Waals surface area contributed by atoms with Crippen molar-refractivity contribution in [2.45, 2.75) is 52.7 Å². The van der Waals surface area contributed by atoms with Crippen LogP contribution >= 0.6 is 0 Å². The molecule has 35 heavy (non-hydrogen) atoms. The van der Waals surface area contributed by atoms with Gasteiger partial charge in [0.2, 0.25) is 0 Å². The summed E-state index contributed by atoms with van der Waals surface area (Å²) in [6.45, 7) is 12.0. The van der Waals surface area contributed by atoms with Gasteiger partial charge in [-0.15, -0.1) is 0 Å². The zero-order valence-electron chi connectivity index (χ0n) is 21.1. The number of nitrogens with one attached hydrogen (secondary N) is 2. The Morgan fingerprint density at radius 2 is 1.89 bits per heavy atom. The van der Waals surface area contributed by atoms with Crippen LogP contribution < -0.4 is 10.6 Å². The summed E-state index contributed by atoms with van der Waals surface area (Å²) >= 11 is 0. The third kappa shape index (κ3) is 6.11. The van der Waals surface area contributed by atoms with Crippen LogP contribution in [-0.4, -0.2) is 84.1 Å². The van der Waals surface area contributed by atoms with E-state index in [1.807, 2.05) is 32.6 Å². The molecule has 0 unspecified atom stereocenters. The van der Waals surface area contributed by atoms with E-state index in [-0.39, 0.29) is 30.8 Å². The number of rotatable bonds is 7. The number of ether oxygens (including phenoxy) is 1. The second kappa shape index (κ2) is 11.5. The van der Waals surface area contributed by atoms with Crippen molar-refractivity contribution in [2.75, 3.05) is 39.3 Å². The highest BCUT2D eigenvalue weighted by molar-refractivity contribution is 5.95. The molecular formula is C25H36FN5O4. The number of benzene rings is 1. The molecule has 1 fully saturated rings. The van der Waals surface area contributed by atoms with Crippen LogP contribution in [0.2, 0.25) is 0 Å². The van der Waals surface area contributed by atoms with E-state index >= 15 is 0 Å². The lowest BCUT2D eigenvalue weighted by atomic mass is 9.94. The van der Waals surface area contributed by atoms with Crippen molar-refractivity contribution in [1.82, 2.24) is 25.3 Å². The number of nitrogens with zero attached hydrogens (tertiary/aromatic N) is 3. The molecule has 2 N–H and O–H groups in total. The fourth-order valence-corrected chi connectivity index (χ4v) is 4.58. The summed E-state index contributed by atoms with van der Waals surface area (Å²) in [5.74, 6) is -0.917. The maximum atomic E-state index is 13.6. The Labute approximate surface area is 206 Å². The van der Waals surface area contributed by atoms with Crippen LogP contribution in [0.25, 0.3) is 0 Å². The molecule has 0 aliphatic carbocycles. The Kier molecular flexibility index (Phi) is 8.71. The lowest BCUT2D eigenvalue weighted by Crippen LogP contribution is -2.58. The van der Waals surface area contributed by atoms with Gasteiger partial charge in [-0.3, -0.25) is 9.80 Å². The third-order valence-corrected chi connectivity index (χ3v) is 6.21. The van der Waals surface area contributed by atoms with Gasteiger partial charge in [-0.1, -0.05) is 12.1 Å². The Bertz CT molecular complexity index is 965. The van der Waals surface area contributed by atoms with Gasteiger partial charge in [0.1, 0.15) is 5.82 Å². The normalized spacial score (nSPS) is 21.3. The lowest BCUT2D eigenvalue weighted by molar-refractivity contribution is -0.139. The summed E-state index contributed by atoms with van der Waals surface area (Å²) < 4.78 is 18.9. The molecule has 192 valence electrons. The summed E-state index contributed by atoms with van der Waals surface area (Å²) in [7, 11) is 0. The number of hydrogen-bond acceptors (Lipinski definition) is 5. The average molecular weight is 490 g/mol. The van der Waals surface area contributed by atoms with E-state index in [1.54, 1.807) is 24.0 Å². The van der Waals surface area contributed by atoms with E-state index in [0.717, 1.165) is 0 Å². The third-order valence-electron chi connectivity index (χ3n) is 6.21. The van der Waals surface area contributed by atoms with Gasteiger partial charge in [0.15, 0.2) is 0 Å². The van der Waals surface area contributed by atoms with Gasteiger partial charge in [0.05, 0.1) is 18.2 Å². The first-order valence-electron chi connectivity index (χ1n) is 12.2. The molecule has 0 saturated carbocycles. The minimum atomic E-state index is -0.754. The monoisotopic (exact) mass is 489 g/mol. The summed E-state index contributed by atoms with van der Waals surface area (Å²) in [5, 5.41) is 5.82. The minimum absolute atomic E-state index is 0.0467. The molecule has 10 heteroatoms. The van der Waals surface area contributed by atoms with Crippen molar-refractivity contribution in [3.63, 3.8) is 0 Å². The maximum absolute atomic E-state index is 13.6. The molecule has 2 aliphatic heterocycles. The molecule has 2 atom stereocenters. The molecule has 2 aliphatic rings. The van der Waals surface area contributed by atoms with E-state index < -0.39 is 17.8 Å². The summed E-state index contributed by atoms with van der Waals surface area (Å²) in [6, 6.07) is 4.56. The predicted octanol–water partition coefficient (Wildman–Crippen LogP) is 2.85. The maximum Gasteiger partial charge on any atom is 0.338 e. The zero-order chi connectivity index (χ0) is 25.7. The molecular weight excluding hydrogens is 453 g/mol. The summed E-state index contributed by atoms with van der Waals surface area (Å²) in [4.78, 5) is 44.2. The zero-order valence-corrected chi connectivity index (χ0v) is 21.1. The van der Waals surface area contributed by atoms with Crippen molar-refractivity contribution in [2.24, 2.45) is 0 Å². The molecule has 0 spiro atoms. The van der Waals surface area contributed by atoms with Crippen molar-refractivity contribution in [3.8, 4) is 0 Å². The molecule has 1 saturated heterocycles. The number of carbonyl (C=O) groups is 3. The lowest BCUT2D eigenvalue weighted by Gasteiger charge is -2.43. The molecule has 3 rings (SSSR count). The largest absolute Gasteiger partial charge is 0.463 e. The standard InChI is InChI=1S/C25H36FN5O4/c1-6-30-20(15-29-12-13-31(17(5)14-29)24(33)27-16(3)4)21(23(32)35-7-2)22(28-25(30)34)18-8-10-19(26)11-9-18/h8-11,16-17,22H,6-7,12-15H2,1-5H3,(H,27,33)(H,28,34)/t17-,22+/m0/s1. The van der Waals surface area contributed by atoms with Gasteiger partial charge in [-0.05, 0) is 52.3 Å². The highest BCUT2D eigenvalue weighted by atomic mass is 19.1. The van der Waals surface area contributed by atoms with E-state index in [2.05, 4.69) is 15.5 Å². The predicted molar refractivity (Wildman–Crippen MR) is 130 cm³/mol. The Balaban J connectivity index is 1.93. The average Bonchev–Trinajstić information content (AvgIpc) is 2.79. The fourth-order valence-electron chi connectivity index (χ4n) is 4.58. The van der Waals surface area contributed by atoms with Gasteiger partial charge in [-0.2, -0.15) is 0 Å². The highest BCUT2D eigenvalue weighted by Crippen LogP contribution is 2.32. The van der Waals surface area contributed by atoms with Crippen LogP contribution in [0.4, 0.5) is 14.0 Å². The Hall–Kier alpha value is -3.14. The van der Waals surface area contributed by atoms with Crippen LogP contribution in [0.1, 0.15) is 46.2 Å². The van der Waals surface area contributed by atoms with Gasteiger partial charge in [0.25, 0.3) is 0 Å². The second-order valence-corrected chi connectivity index (χ2v) is 9.14. The number of hydrogen-bond donors (Lipinski definition) is 2. The van der Waals surface area contributed by atoms with Crippen LogP contribution in [0.5, 0.6) is 0 Å². The van der Waals surface area contributed by atoms with Crippen molar-refractivity contribution in [3.05, 3.63) is 46.9 Å². The number of halogens is 1. The molecule has 4 amide bonds. The number of urea groups is 2. The van der Waals surface area contributed by atoms with Crippen molar-refractivity contribution >= 4 is 18.0 Å². The van der Waals surface area contributed by atoms with Crippen molar-refractivity contribution in [1.29, 1.82) is 0 Å². The molecule has 9 nitrogen and oxygen atoms in total.